The first-order chi connectivity index (χ1) is 8.58. The van der Waals surface area contributed by atoms with E-state index in [1.54, 1.807) is 16.4 Å². The topological polar surface area (TPSA) is 70.1 Å². The molecule has 2 atom stereocenters. The van der Waals surface area contributed by atoms with Gasteiger partial charge in [0.05, 0.1) is 19.7 Å². The van der Waals surface area contributed by atoms with Gasteiger partial charge in [0.1, 0.15) is 0 Å². The molecule has 6 heteroatoms. The normalized spacial score (nSPS) is 14.2. The lowest BCUT2D eigenvalue weighted by molar-refractivity contribution is -0.140. The molecule has 1 aromatic rings. The zero-order valence-corrected chi connectivity index (χ0v) is 11.9. The van der Waals surface area contributed by atoms with Crippen molar-refractivity contribution in [3.05, 3.63) is 18.0 Å². The number of thioether (sulfide) groups is 1. The summed E-state index contributed by atoms with van der Waals surface area (Å²) in [6.45, 7) is 2.06. The number of ether oxygens (including phenoxy) is 1. The van der Waals surface area contributed by atoms with Crippen molar-refractivity contribution in [3.8, 4) is 0 Å². The second-order valence-electron chi connectivity index (χ2n) is 4.14. The molecule has 102 valence electrons. The highest BCUT2D eigenvalue weighted by Crippen LogP contribution is 2.32. The fraction of sp³-hybridized carbons (Fsp3) is 0.667. The van der Waals surface area contributed by atoms with E-state index < -0.39 is 0 Å². The molecular weight excluding hydrogens is 250 g/mol. The van der Waals surface area contributed by atoms with Crippen LogP contribution >= 0.6 is 11.8 Å². The average Bonchev–Trinajstić information content (AvgIpc) is 2.79. The lowest BCUT2D eigenvalue weighted by atomic mass is 10.1. The third-order valence-corrected chi connectivity index (χ3v) is 4.17. The molecule has 1 aromatic heterocycles. The molecular formula is C12H21N3O2S. The van der Waals surface area contributed by atoms with Gasteiger partial charge in [-0.2, -0.15) is 16.9 Å². The largest absolute Gasteiger partial charge is 0.469 e. The van der Waals surface area contributed by atoms with Gasteiger partial charge in [0.15, 0.2) is 0 Å². The van der Waals surface area contributed by atoms with Crippen LogP contribution < -0.4 is 5.73 Å². The summed E-state index contributed by atoms with van der Waals surface area (Å²) in [6, 6.07) is 0.0665. The number of carbonyl (C=O) groups excluding carboxylic acids is 1. The number of esters is 1. The second kappa shape index (κ2) is 7.43. The first kappa shape index (κ1) is 15.0. The Morgan fingerprint density at radius 3 is 2.89 bits per heavy atom. The molecule has 0 aliphatic rings. The summed E-state index contributed by atoms with van der Waals surface area (Å²) in [5, 5.41) is 4.34. The molecule has 0 aliphatic carbocycles. The summed E-state index contributed by atoms with van der Waals surface area (Å²) in [4.78, 5) is 11.1. The molecule has 0 fully saturated rings. The molecule has 0 spiro atoms. The second-order valence-corrected chi connectivity index (χ2v) is 5.39. The maximum absolute atomic E-state index is 11.1. The van der Waals surface area contributed by atoms with Crippen LogP contribution in [0.3, 0.4) is 0 Å². The van der Waals surface area contributed by atoms with Crippen molar-refractivity contribution < 1.29 is 9.53 Å². The van der Waals surface area contributed by atoms with Crippen LogP contribution in [-0.2, 0) is 16.6 Å². The maximum atomic E-state index is 11.1. The van der Waals surface area contributed by atoms with E-state index in [-0.39, 0.29) is 17.3 Å². The molecule has 5 nitrogen and oxygen atoms in total. The molecule has 0 amide bonds. The maximum Gasteiger partial charge on any atom is 0.306 e. The van der Waals surface area contributed by atoms with Crippen molar-refractivity contribution in [2.24, 2.45) is 12.8 Å². The molecule has 0 radical (unpaired) electrons. The van der Waals surface area contributed by atoms with Crippen molar-refractivity contribution in [1.82, 2.24) is 9.78 Å². The minimum atomic E-state index is -0.183. The van der Waals surface area contributed by atoms with Gasteiger partial charge in [0, 0.05) is 35.9 Å². The van der Waals surface area contributed by atoms with E-state index in [1.165, 1.54) is 7.11 Å². The van der Waals surface area contributed by atoms with Crippen molar-refractivity contribution in [2.45, 2.75) is 31.1 Å². The summed E-state index contributed by atoms with van der Waals surface area (Å²) in [7, 11) is 3.29. The Kier molecular flexibility index (Phi) is 6.21. The quantitative estimate of drug-likeness (QED) is 0.761. The fourth-order valence-electron chi connectivity index (χ4n) is 1.64. The van der Waals surface area contributed by atoms with E-state index in [9.17, 15) is 4.79 Å². The van der Waals surface area contributed by atoms with Gasteiger partial charge in [-0.05, 0) is 6.42 Å². The van der Waals surface area contributed by atoms with Crippen molar-refractivity contribution in [2.75, 3.05) is 12.9 Å². The smallest absolute Gasteiger partial charge is 0.306 e. The van der Waals surface area contributed by atoms with Crippen molar-refractivity contribution in [1.29, 1.82) is 0 Å². The molecule has 1 heterocycles. The molecule has 1 rings (SSSR count). The predicted molar refractivity (Wildman–Crippen MR) is 73.3 cm³/mol. The number of hydrogen-bond donors (Lipinski definition) is 1. The zero-order valence-electron chi connectivity index (χ0n) is 11.1. The van der Waals surface area contributed by atoms with Gasteiger partial charge < -0.3 is 10.5 Å². The predicted octanol–water partition coefficient (Wildman–Crippen LogP) is 1.49. The van der Waals surface area contributed by atoms with Gasteiger partial charge in [-0.3, -0.25) is 9.48 Å². The van der Waals surface area contributed by atoms with E-state index in [0.29, 0.717) is 12.2 Å². The van der Waals surface area contributed by atoms with E-state index in [1.807, 2.05) is 19.4 Å². The molecule has 2 unspecified atom stereocenters. The average molecular weight is 271 g/mol. The minimum absolute atomic E-state index is 0.0665. The first-order valence-electron chi connectivity index (χ1n) is 6.01. The zero-order chi connectivity index (χ0) is 13.5. The number of methoxy groups -OCH3 is 1. The molecule has 0 bridgehead atoms. The highest BCUT2D eigenvalue weighted by atomic mass is 32.2. The highest BCUT2D eigenvalue weighted by Gasteiger charge is 2.20. The number of carbonyl (C=O) groups is 1. The molecule has 0 saturated carbocycles. The van der Waals surface area contributed by atoms with E-state index in [0.717, 1.165) is 12.0 Å². The number of rotatable bonds is 7. The summed E-state index contributed by atoms with van der Waals surface area (Å²) in [6.07, 6.45) is 5.12. The van der Waals surface area contributed by atoms with Crippen LogP contribution in [0.4, 0.5) is 0 Å². The lowest BCUT2D eigenvalue weighted by Gasteiger charge is -2.21. The third-order valence-electron chi connectivity index (χ3n) is 2.74. The number of hydrogen-bond acceptors (Lipinski definition) is 5. The number of nitrogens with two attached hydrogens (primary N) is 1. The monoisotopic (exact) mass is 271 g/mol. The summed E-state index contributed by atoms with van der Waals surface area (Å²) < 4.78 is 6.40. The highest BCUT2D eigenvalue weighted by molar-refractivity contribution is 7.99. The molecule has 0 aromatic carbocycles. The van der Waals surface area contributed by atoms with Crippen LogP contribution in [-0.4, -0.2) is 34.7 Å². The minimum Gasteiger partial charge on any atom is -0.469 e. The number of nitrogens with zero attached hydrogens (tertiary/aromatic N) is 2. The first-order valence-corrected chi connectivity index (χ1v) is 7.05. The standard InChI is InChI=1S/C12H21N3O2S/c1-4-10(13)12(9-7-14-15(2)8-9)18-6-5-11(16)17-3/h7-8,10,12H,4-6,13H2,1-3H3. The van der Waals surface area contributed by atoms with Gasteiger partial charge in [-0.15, -0.1) is 0 Å². The van der Waals surface area contributed by atoms with Gasteiger partial charge in [-0.1, -0.05) is 6.92 Å². The van der Waals surface area contributed by atoms with Crippen LogP contribution in [0.5, 0.6) is 0 Å². The molecule has 2 N–H and O–H groups in total. The SMILES string of the molecule is CCC(N)C(SCCC(=O)OC)c1cnn(C)c1. The van der Waals surface area contributed by atoms with E-state index in [2.05, 4.69) is 16.8 Å². The lowest BCUT2D eigenvalue weighted by Crippen LogP contribution is -2.26. The van der Waals surface area contributed by atoms with Crippen molar-refractivity contribution >= 4 is 17.7 Å². The van der Waals surface area contributed by atoms with E-state index in [4.69, 9.17) is 5.73 Å². The Labute approximate surface area is 112 Å². The van der Waals surface area contributed by atoms with Crippen LogP contribution in [0, 0.1) is 0 Å². The number of aryl methyl sites for hydroxylation is 1. The number of aromatic nitrogens is 2. The van der Waals surface area contributed by atoms with Gasteiger partial charge in [-0.25, -0.2) is 0 Å². The van der Waals surface area contributed by atoms with E-state index >= 15 is 0 Å². The summed E-state index contributed by atoms with van der Waals surface area (Å²) in [5.41, 5.74) is 7.25. The Balaban J connectivity index is 2.59. The van der Waals surface area contributed by atoms with Crippen LogP contribution in [0.25, 0.3) is 0 Å². The molecule has 0 aliphatic heterocycles. The summed E-state index contributed by atoms with van der Waals surface area (Å²) >= 11 is 1.69. The van der Waals surface area contributed by atoms with Gasteiger partial charge in [0.25, 0.3) is 0 Å². The van der Waals surface area contributed by atoms with Crippen LogP contribution in [0.15, 0.2) is 12.4 Å². The fourth-order valence-corrected chi connectivity index (χ4v) is 2.93. The van der Waals surface area contributed by atoms with Crippen LogP contribution in [0.1, 0.15) is 30.6 Å². The van der Waals surface area contributed by atoms with Crippen LogP contribution in [0.2, 0.25) is 0 Å². The van der Waals surface area contributed by atoms with Gasteiger partial charge in [0.2, 0.25) is 0 Å². The molecule has 0 saturated heterocycles. The Bertz CT molecular complexity index is 381. The van der Waals surface area contributed by atoms with Gasteiger partial charge >= 0.3 is 5.97 Å². The molecule has 18 heavy (non-hydrogen) atoms. The third kappa shape index (κ3) is 4.34. The Morgan fingerprint density at radius 1 is 1.67 bits per heavy atom. The Morgan fingerprint density at radius 2 is 2.39 bits per heavy atom. The summed E-state index contributed by atoms with van der Waals surface area (Å²) in [5.74, 6) is 0.525. The Hall–Kier alpha value is -1.01. The van der Waals surface area contributed by atoms with Crippen molar-refractivity contribution in [3.63, 3.8) is 0 Å².